The van der Waals surface area contributed by atoms with Gasteiger partial charge >= 0.3 is 6.18 Å². The van der Waals surface area contributed by atoms with Crippen molar-refractivity contribution in [1.29, 1.82) is 0 Å². The van der Waals surface area contributed by atoms with Gasteiger partial charge in [-0.05, 0) is 31.2 Å². The monoisotopic (exact) mass is 395 g/mol. The minimum absolute atomic E-state index is 0.00377. The highest BCUT2D eigenvalue weighted by molar-refractivity contribution is 7.13. The number of nitrogens with zero attached hydrogens (tertiary/aromatic N) is 1. The fourth-order valence-electron chi connectivity index (χ4n) is 2.35. The highest BCUT2D eigenvalue weighted by Crippen LogP contribution is 2.27. The van der Waals surface area contributed by atoms with Gasteiger partial charge in [-0.1, -0.05) is 12.1 Å². The maximum absolute atomic E-state index is 12.4. The van der Waals surface area contributed by atoms with Gasteiger partial charge in [0.2, 0.25) is 5.91 Å². The third-order valence-electron chi connectivity index (χ3n) is 3.53. The van der Waals surface area contributed by atoms with Crippen molar-refractivity contribution >= 4 is 28.6 Å². The van der Waals surface area contributed by atoms with E-state index in [4.69, 9.17) is 4.42 Å². The van der Waals surface area contributed by atoms with Crippen LogP contribution in [0.4, 0.5) is 24.5 Å². The molecule has 9 heteroatoms. The van der Waals surface area contributed by atoms with Crippen molar-refractivity contribution in [1.82, 2.24) is 4.98 Å². The second-order valence-electron chi connectivity index (χ2n) is 5.79. The molecule has 5 nitrogen and oxygen atoms in total. The summed E-state index contributed by atoms with van der Waals surface area (Å²) in [4.78, 5) is 16.6. The van der Waals surface area contributed by atoms with Crippen LogP contribution < -0.4 is 10.6 Å². The number of carbonyl (C=O) groups is 1. The van der Waals surface area contributed by atoms with Gasteiger partial charge in [0.1, 0.15) is 12.3 Å². The Labute approximate surface area is 157 Å². The Kier molecular flexibility index (Phi) is 5.50. The van der Waals surface area contributed by atoms with E-state index in [-0.39, 0.29) is 23.7 Å². The summed E-state index contributed by atoms with van der Waals surface area (Å²) in [6.07, 6.45) is -4.35. The zero-order valence-corrected chi connectivity index (χ0v) is 15.1. The fraction of sp³-hybridized carbons (Fsp3) is 0.222. The van der Waals surface area contributed by atoms with Crippen LogP contribution in [0.1, 0.15) is 11.5 Å². The second kappa shape index (κ2) is 7.83. The quantitative estimate of drug-likeness (QED) is 0.625. The number of hydrogen-bond donors (Lipinski definition) is 2. The van der Waals surface area contributed by atoms with E-state index >= 15 is 0 Å². The van der Waals surface area contributed by atoms with Crippen LogP contribution in [0, 0.1) is 6.92 Å². The molecule has 0 fully saturated rings. The van der Waals surface area contributed by atoms with Crippen molar-refractivity contribution in [2.75, 3.05) is 17.2 Å². The molecule has 0 unspecified atom stereocenters. The normalized spacial score (nSPS) is 11.4. The Hall–Kier alpha value is -2.81. The smallest absolute Gasteiger partial charge is 0.405 e. The maximum atomic E-state index is 12.4. The first kappa shape index (κ1) is 19.0. The lowest BCUT2D eigenvalue weighted by molar-refractivity contribution is -0.116. The summed E-state index contributed by atoms with van der Waals surface area (Å²) in [6.45, 7) is 0.646. The van der Waals surface area contributed by atoms with Gasteiger partial charge in [0, 0.05) is 5.38 Å². The van der Waals surface area contributed by atoms with Gasteiger partial charge in [-0.3, -0.25) is 4.79 Å². The number of rotatable bonds is 6. The van der Waals surface area contributed by atoms with Crippen LogP contribution in [0.25, 0.3) is 10.8 Å². The molecule has 0 saturated carbocycles. The van der Waals surface area contributed by atoms with E-state index < -0.39 is 12.7 Å². The average Bonchev–Trinajstić information content (AvgIpc) is 3.22. The van der Waals surface area contributed by atoms with Gasteiger partial charge in [-0.2, -0.15) is 13.2 Å². The van der Waals surface area contributed by atoms with Crippen molar-refractivity contribution < 1.29 is 22.4 Å². The number of anilines is 2. The van der Waals surface area contributed by atoms with Gasteiger partial charge in [0.15, 0.2) is 10.8 Å². The van der Waals surface area contributed by atoms with E-state index in [2.05, 4.69) is 15.6 Å². The number of nitrogens with one attached hydrogen (secondary N) is 2. The largest absolute Gasteiger partial charge is 0.459 e. The molecule has 2 heterocycles. The lowest BCUT2D eigenvalue weighted by atomic mass is 10.2. The predicted octanol–water partition coefficient (Wildman–Crippen LogP) is 4.87. The lowest BCUT2D eigenvalue weighted by Gasteiger charge is -2.14. The minimum Gasteiger partial charge on any atom is -0.459 e. The highest BCUT2D eigenvalue weighted by Gasteiger charge is 2.27. The van der Waals surface area contributed by atoms with Gasteiger partial charge < -0.3 is 15.1 Å². The summed E-state index contributed by atoms with van der Waals surface area (Å²) < 4.78 is 42.7. The Bertz CT molecular complexity index is 934. The molecule has 3 rings (SSSR count). The summed E-state index contributed by atoms with van der Waals surface area (Å²) in [5.41, 5.74) is 1.04. The van der Waals surface area contributed by atoms with Crippen LogP contribution in [0.15, 0.2) is 46.2 Å². The van der Waals surface area contributed by atoms with Crippen molar-refractivity contribution in [3.8, 4) is 10.8 Å². The molecule has 1 aromatic carbocycles. The Balaban J connectivity index is 1.64. The number of carbonyl (C=O) groups excluding carboxylic acids is 1. The molecule has 0 atom stereocenters. The molecule has 0 aliphatic carbocycles. The number of para-hydroxylation sites is 2. The average molecular weight is 395 g/mol. The van der Waals surface area contributed by atoms with Gasteiger partial charge in [-0.25, -0.2) is 4.98 Å². The van der Waals surface area contributed by atoms with Gasteiger partial charge in [0.25, 0.3) is 0 Å². The molecule has 1 amide bonds. The van der Waals surface area contributed by atoms with Crippen molar-refractivity contribution in [3.63, 3.8) is 0 Å². The molecule has 3 aromatic rings. The van der Waals surface area contributed by atoms with Crippen LogP contribution in [-0.2, 0) is 11.2 Å². The molecular formula is C18H16F3N3O2S. The summed E-state index contributed by atoms with van der Waals surface area (Å²) in [5.74, 6) is 1.03. The van der Waals surface area contributed by atoms with Crippen LogP contribution >= 0.6 is 11.3 Å². The molecule has 0 bridgehead atoms. The van der Waals surface area contributed by atoms with Gasteiger partial charge in [0.05, 0.1) is 23.5 Å². The maximum Gasteiger partial charge on any atom is 0.405 e. The molecule has 0 aliphatic rings. The SMILES string of the molecule is Cc1ccc(-c2nc(CC(=O)Nc3ccccc3NCC(F)(F)F)cs2)o1. The molecule has 2 aromatic heterocycles. The van der Waals surface area contributed by atoms with E-state index in [0.717, 1.165) is 5.76 Å². The number of thiazole rings is 1. The van der Waals surface area contributed by atoms with E-state index in [1.807, 2.05) is 13.0 Å². The summed E-state index contributed by atoms with van der Waals surface area (Å²) in [6, 6.07) is 9.87. The zero-order valence-electron chi connectivity index (χ0n) is 14.3. The van der Waals surface area contributed by atoms with Crippen LogP contribution in [0.5, 0.6) is 0 Å². The van der Waals surface area contributed by atoms with E-state index in [9.17, 15) is 18.0 Å². The fourth-order valence-corrected chi connectivity index (χ4v) is 3.13. The zero-order chi connectivity index (χ0) is 19.4. The van der Waals surface area contributed by atoms with Crippen molar-refractivity contribution in [3.05, 3.63) is 53.2 Å². The number of hydrogen-bond acceptors (Lipinski definition) is 5. The molecule has 0 radical (unpaired) electrons. The van der Waals surface area contributed by atoms with E-state index in [0.29, 0.717) is 16.5 Å². The number of aromatic nitrogens is 1. The Morgan fingerprint density at radius 1 is 1.19 bits per heavy atom. The predicted molar refractivity (Wildman–Crippen MR) is 97.9 cm³/mol. The Morgan fingerprint density at radius 2 is 1.93 bits per heavy atom. The molecular weight excluding hydrogens is 379 g/mol. The first-order valence-electron chi connectivity index (χ1n) is 8.01. The molecule has 0 spiro atoms. The summed E-state index contributed by atoms with van der Waals surface area (Å²) in [5, 5.41) is 7.32. The molecule has 2 N–H and O–H groups in total. The third-order valence-corrected chi connectivity index (χ3v) is 4.43. The lowest BCUT2D eigenvalue weighted by Crippen LogP contribution is -2.22. The number of furan rings is 1. The minimum atomic E-state index is -4.35. The standard InChI is InChI=1S/C18H16F3N3O2S/c1-11-6-7-15(26-11)17-23-12(9-27-17)8-16(25)24-14-5-3-2-4-13(14)22-10-18(19,20)21/h2-7,9,22H,8,10H2,1H3,(H,24,25). The second-order valence-corrected chi connectivity index (χ2v) is 6.65. The first-order valence-corrected chi connectivity index (χ1v) is 8.89. The topological polar surface area (TPSA) is 67.2 Å². The number of halogens is 3. The van der Waals surface area contributed by atoms with E-state index in [1.54, 1.807) is 23.6 Å². The van der Waals surface area contributed by atoms with E-state index in [1.165, 1.54) is 23.5 Å². The first-order chi connectivity index (χ1) is 12.8. The number of aryl methyl sites for hydroxylation is 1. The van der Waals surface area contributed by atoms with Crippen LogP contribution in [-0.4, -0.2) is 23.6 Å². The van der Waals surface area contributed by atoms with Crippen molar-refractivity contribution in [2.24, 2.45) is 0 Å². The molecule has 0 aliphatic heterocycles. The molecule has 0 saturated heterocycles. The number of amides is 1. The highest BCUT2D eigenvalue weighted by atomic mass is 32.1. The number of alkyl halides is 3. The molecule has 27 heavy (non-hydrogen) atoms. The van der Waals surface area contributed by atoms with Crippen LogP contribution in [0.2, 0.25) is 0 Å². The Morgan fingerprint density at radius 3 is 2.59 bits per heavy atom. The summed E-state index contributed by atoms with van der Waals surface area (Å²) >= 11 is 1.36. The van der Waals surface area contributed by atoms with Crippen molar-refractivity contribution in [2.45, 2.75) is 19.5 Å². The molecule has 142 valence electrons. The number of benzene rings is 1. The summed E-state index contributed by atoms with van der Waals surface area (Å²) in [7, 11) is 0. The third kappa shape index (κ3) is 5.33. The van der Waals surface area contributed by atoms with Crippen LogP contribution in [0.3, 0.4) is 0 Å². The van der Waals surface area contributed by atoms with Gasteiger partial charge in [-0.15, -0.1) is 11.3 Å².